The average Bonchev–Trinajstić information content (AvgIpc) is 3.12. The minimum absolute atomic E-state index is 0.0812. The normalized spacial score (nSPS) is 11.6. The molecule has 7 heteroatoms. The quantitative estimate of drug-likeness (QED) is 0.346. The molecule has 3 aromatic carbocycles. The van der Waals surface area contributed by atoms with Gasteiger partial charge in [0.1, 0.15) is 11.6 Å². The van der Waals surface area contributed by atoms with E-state index in [9.17, 15) is 22.0 Å². The zero-order valence-corrected chi connectivity index (χ0v) is 15.5. The van der Waals surface area contributed by atoms with Crippen LogP contribution in [0.2, 0.25) is 0 Å². The van der Waals surface area contributed by atoms with Gasteiger partial charge in [-0.2, -0.15) is 18.3 Å². The van der Waals surface area contributed by atoms with Gasteiger partial charge >= 0.3 is 6.18 Å². The molecule has 152 valence electrons. The van der Waals surface area contributed by atoms with Crippen molar-refractivity contribution in [3.63, 3.8) is 0 Å². The number of halogens is 5. The summed E-state index contributed by atoms with van der Waals surface area (Å²) in [6.07, 6.45) is -4.45. The SMILES string of the molecule is Fc1ccc(-c2cc(-c3ccc(F)cc3)n(Cc3cccc(C(F)(F)F)c3)n2)cc1. The second-order valence-electron chi connectivity index (χ2n) is 6.78. The van der Waals surface area contributed by atoms with E-state index in [4.69, 9.17) is 0 Å². The molecule has 0 bridgehead atoms. The molecule has 30 heavy (non-hydrogen) atoms. The highest BCUT2D eigenvalue weighted by Crippen LogP contribution is 2.31. The standard InChI is InChI=1S/C23H15F5N2/c24-19-8-4-16(5-9-19)21-13-22(17-6-10-20(25)11-7-17)30(29-21)14-15-2-1-3-18(12-15)23(26,27)28/h1-13H,14H2. The molecule has 4 rings (SSSR count). The number of alkyl halides is 3. The number of hydrogen-bond acceptors (Lipinski definition) is 1. The van der Waals surface area contributed by atoms with Gasteiger partial charge in [0.2, 0.25) is 0 Å². The monoisotopic (exact) mass is 414 g/mol. The second kappa shape index (κ2) is 7.74. The van der Waals surface area contributed by atoms with Crippen LogP contribution in [-0.2, 0) is 12.7 Å². The maximum Gasteiger partial charge on any atom is 0.416 e. The van der Waals surface area contributed by atoms with Crippen LogP contribution < -0.4 is 0 Å². The van der Waals surface area contributed by atoms with Crippen molar-refractivity contribution < 1.29 is 22.0 Å². The lowest BCUT2D eigenvalue weighted by Crippen LogP contribution is -2.08. The Balaban J connectivity index is 1.77. The number of nitrogens with zero attached hydrogens (tertiary/aromatic N) is 2. The fourth-order valence-corrected chi connectivity index (χ4v) is 3.17. The van der Waals surface area contributed by atoms with Gasteiger partial charge in [0, 0.05) is 11.1 Å². The molecule has 0 unspecified atom stereocenters. The first kappa shape index (κ1) is 19.8. The Kier molecular flexibility index (Phi) is 5.11. The topological polar surface area (TPSA) is 17.8 Å². The lowest BCUT2D eigenvalue weighted by Gasteiger charge is -2.11. The van der Waals surface area contributed by atoms with Gasteiger partial charge in [0.15, 0.2) is 0 Å². The van der Waals surface area contributed by atoms with Crippen molar-refractivity contribution in [3.8, 4) is 22.5 Å². The van der Waals surface area contributed by atoms with Crippen molar-refractivity contribution in [1.82, 2.24) is 9.78 Å². The van der Waals surface area contributed by atoms with E-state index in [1.165, 1.54) is 30.3 Å². The van der Waals surface area contributed by atoms with Gasteiger partial charge in [-0.15, -0.1) is 0 Å². The molecule has 0 amide bonds. The Morgan fingerprint density at radius 2 is 1.33 bits per heavy atom. The molecule has 0 atom stereocenters. The molecule has 0 aliphatic carbocycles. The Labute approximate surface area is 169 Å². The highest BCUT2D eigenvalue weighted by molar-refractivity contribution is 5.68. The maximum absolute atomic E-state index is 13.3. The maximum atomic E-state index is 13.3. The van der Waals surface area contributed by atoms with E-state index >= 15 is 0 Å². The van der Waals surface area contributed by atoms with Gasteiger partial charge in [-0.3, -0.25) is 4.68 Å². The third-order valence-corrected chi connectivity index (χ3v) is 4.65. The summed E-state index contributed by atoms with van der Waals surface area (Å²) in [5.74, 6) is -0.789. The van der Waals surface area contributed by atoms with E-state index in [1.54, 1.807) is 41.1 Å². The summed E-state index contributed by atoms with van der Waals surface area (Å²) >= 11 is 0. The molecule has 0 aliphatic heterocycles. The summed E-state index contributed by atoms with van der Waals surface area (Å²) in [4.78, 5) is 0. The fraction of sp³-hybridized carbons (Fsp3) is 0.0870. The van der Waals surface area contributed by atoms with Crippen LogP contribution in [0.1, 0.15) is 11.1 Å². The Hall–Kier alpha value is -3.48. The lowest BCUT2D eigenvalue weighted by molar-refractivity contribution is -0.137. The number of rotatable bonds is 4. The van der Waals surface area contributed by atoms with Crippen LogP contribution in [0.5, 0.6) is 0 Å². The first-order valence-corrected chi connectivity index (χ1v) is 9.05. The van der Waals surface area contributed by atoms with Crippen LogP contribution in [0.15, 0.2) is 78.9 Å². The number of aromatic nitrogens is 2. The molecule has 0 saturated heterocycles. The number of hydrogen-bond donors (Lipinski definition) is 0. The largest absolute Gasteiger partial charge is 0.416 e. The van der Waals surface area contributed by atoms with Crippen LogP contribution >= 0.6 is 0 Å². The number of benzene rings is 3. The summed E-state index contributed by atoms with van der Waals surface area (Å²) in [5, 5.41) is 4.52. The van der Waals surface area contributed by atoms with E-state index in [0.29, 0.717) is 28.1 Å². The fourth-order valence-electron chi connectivity index (χ4n) is 3.17. The Morgan fingerprint density at radius 3 is 1.93 bits per heavy atom. The molecular weight excluding hydrogens is 399 g/mol. The summed E-state index contributed by atoms with van der Waals surface area (Å²) in [5.41, 5.74) is 2.12. The van der Waals surface area contributed by atoms with Crippen molar-refractivity contribution in [2.75, 3.05) is 0 Å². The summed E-state index contributed by atoms with van der Waals surface area (Å²) in [6, 6.07) is 18.3. The molecule has 0 radical (unpaired) electrons. The van der Waals surface area contributed by atoms with Crippen molar-refractivity contribution in [3.05, 3.63) is 102 Å². The van der Waals surface area contributed by atoms with Crippen molar-refractivity contribution in [1.29, 1.82) is 0 Å². The van der Waals surface area contributed by atoms with E-state index in [-0.39, 0.29) is 12.4 Å². The first-order chi connectivity index (χ1) is 14.3. The van der Waals surface area contributed by atoms with Gasteiger partial charge in [0.05, 0.1) is 23.5 Å². The molecule has 1 aromatic heterocycles. The zero-order valence-electron chi connectivity index (χ0n) is 15.5. The van der Waals surface area contributed by atoms with E-state index in [0.717, 1.165) is 12.1 Å². The Bertz CT molecular complexity index is 1160. The minimum atomic E-state index is -4.45. The van der Waals surface area contributed by atoms with E-state index in [2.05, 4.69) is 5.10 Å². The molecule has 4 aromatic rings. The van der Waals surface area contributed by atoms with Gasteiger partial charge in [-0.05, 0) is 72.3 Å². The van der Waals surface area contributed by atoms with E-state index in [1.807, 2.05) is 0 Å². The van der Waals surface area contributed by atoms with Crippen molar-refractivity contribution >= 4 is 0 Å². The summed E-state index contributed by atoms with van der Waals surface area (Å²) < 4.78 is 67.3. The van der Waals surface area contributed by atoms with Gasteiger partial charge in [0.25, 0.3) is 0 Å². The van der Waals surface area contributed by atoms with E-state index < -0.39 is 17.6 Å². The molecule has 0 fully saturated rings. The van der Waals surface area contributed by atoms with Gasteiger partial charge in [-0.25, -0.2) is 8.78 Å². The predicted molar refractivity (Wildman–Crippen MR) is 104 cm³/mol. The van der Waals surface area contributed by atoms with Crippen LogP contribution in [0.3, 0.4) is 0 Å². The third-order valence-electron chi connectivity index (χ3n) is 4.65. The predicted octanol–water partition coefficient (Wildman–Crippen LogP) is 6.56. The lowest BCUT2D eigenvalue weighted by atomic mass is 10.1. The van der Waals surface area contributed by atoms with Gasteiger partial charge in [-0.1, -0.05) is 12.1 Å². The molecule has 2 nitrogen and oxygen atoms in total. The third kappa shape index (κ3) is 4.25. The zero-order chi connectivity index (χ0) is 21.3. The summed E-state index contributed by atoms with van der Waals surface area (Å²) in [6.45, 7) is 0.0812. The molecule has 0 N–H and O–H groups in total. The molecule has 1 heterocycles. The minimum Gasteiger partial charge on any atom is -0.260 e. The smallest absolute Gasteiger partial charge is 0.260 e. The van der Waals surface area contributed by atoms with Crippen molar-refractivity contribution in [2.24, 2.45) is 0 Å². The van der Waals surface area contributed by atoms with Crippen LogP contribution in [0, 0.1) is 11.6 Å². The highest BCUT2D eigenvalue weighted by atomic mass is 19.4. The van der Waals surface area contributed by atoms with Gasteiger partial charge < -0.3 is 0 Å². The molecule has 0 spiro atoms. The van der Waals surface area contributed by atoms with Crippen molar-refractivity contribution in [2.45, 2.75) is 12.7 Å². The first-order valence-electron chi connectivity index (χ1n) is 9.05. The highest BCUT2D eigenvalue weighted by Gasteiger charge is 2.30. The van der Waals surface area contributed by atoms with Crippen LogP contribution in [0.25, 0.3) is 22.5 Å². The van der Waals surface area contributed by atoms with Crippen LogP contribution in [-0.4, -0.2) is 9.78 Å². The summed E-state index contributed by atoms with van der Waals surface area (Å²) in [7, 11) is 0. The Morgan fingerprint density at radius 1 is 0.733 bits per heavy atom. The molecule has 0 saturated carbocycles. The molecule has 0 aliphatic rings. The van der Waals surface area contributed by atoms with Crippen LogP contribution in [0.4, 0.5) is 22.0 Å². The molecular formula is C23H15F5N2. The second-order valence-corrected chi connectivity index (χ2v) is 6.78. The average molecular weight is 414 g/mol.